The molecular weight excluding hydrogens is 402 g/mol. The van der Waals surface area contributed by atoms with Crippen LogP contribution in [-0.4, -0.2) is 55.7 Å². The Bertz CT molecular complexity index is 1210. The second-order valence-electron chi connectivity index (χ2n) is 8.80. The second kappa shape index (κ2) is 7.45. The Balaban J connectivity index is 1.30. The zero-order valence-corrected chi connectivity index (χ0v) is 17.6. The average molecular weight is 425 g/mol. The summed E-state index contributed by atoms with van der Waals surface area (Å²) in [5.74, 6) is 1.95. The van der Waals surface area contributed by atoms with Crippen molar-refractivity contribution in [2.75, 3.05) is 18.0 Å². The molecule has 1 saturated carbocycles. The van der Waals surface area contributed by atoms with Crippen molar-refractivity contribution in [3.05, 3.63) is 65.7 Å². The van der Waals surface area contributed by atoms with E-state index in [1.54, 1.807) is 35.5 Å². The van der Waals surface area contributed by atoms with Gasteiger partial charge in [-0.2, -0.15) is 10.4 Å². The van der Waals surface area contributed by atoms with E-state index in [1.807, 2.05) is 23.1 Å². The standard InChI is InChI=1S/C24H23N7O/c25-13-17-8-11-27-23(21(17)16-4-5-16)29-14-19-7-6-18(29)15-30(19)24(32)20-3-1-9-26-22(20)31-12-2-10-28-31/h1-3,8-12,16,18-19H,4-7,14-15H2. The minimum Gasteiger partial charge on any atom is -0.350 e. The number of rotatable bonds is 4. The van der Waals surface area contributed by atoms with Gasteiger partial charge < -0.3 is 9.80 Å². The van der Waals surface area contributed by atoms with Gasteiger partial charge in [-0.1, -0.05) is 0 Å². The maximum absolute atomic E-state index is 13.6. The van der Waals surface area contributed by atoms with E-state index in [0.717, 1.165) is 49.2 Å². The number of pyridine rings is 2. The van der Waals surface area contributed by atoms with E-state index >= 15 is 0 Å². The normalized spacial score (nSPS) is 22.1. The van der Waals surface area contributed by atoms with Crippen LogP contribution in [0, 0.1) is 11.3 Å². The lowest BCUT2D eigenvalue weighted by molar-refractivity contribution is 0.0503. The molecule has 2 bridgehead atoms. The number of amides is 1. The van der Waals surface area contributed by atoms with Crippen LogP contribution in [0.15, 0.2) is 49.1 Å². The van der Waals surface area contributed by atoms with E-state index < -0.39 is 0 Å². The number of nitrogens with zero attached hydrogens (tertiary/aromatic N) is 7. The summed E-state index contributed by atoms with van der Waals surface area (Å²) in [4.78, 5) is 27.1. The maximum Gasteiger partial charge on any atom is 0.258 e. The first-order chi connectivity index (χ1) is 15.7. The van der Waals surface area contributed by atoms with Crippen molar-refractivity contribution in [1.29, 1.82) is 5.26 Å². The molecule has 0 N–H and O–H groups in total. The molecule has 4 aliphatic rings. The third kappa shape index (κ3) is 3.04. The Labute approximate surface area is 186 Å². The van der Waals surface area contributed by atoms with Crippen molar-refractivity contribution in [1.82, 2.24) is 24.6 Å². The summed E-state index contributed by atoms with van der Waals surface area (Å²) < 4.78 is 1.64. The molecule has 6 heterocycles. The fraction of sp³-hybridized carbons (Fsp3) is 0.375. The summed E-state index contributed by atoms with van der Waals surface area (Å²) in [6, 6.07) is 9.95. The van der Waals surface area contributed by atoms with Gasteiger partial charge in [0.2, 0.25) is 0 Å². The largest absolute Gasteiger partial charge is 0.350 e. The van der Waals surface area contributed by atoms with E-state index in [-0.39, 0.29) is 18.0 Å². The summed E-state index contributed by atoms with van der Waals surface area (Å²) in [6.45, 7) is 1.40. The predicted molar refractivity (Wildman–Crippen MR) is 117 cm³/mol. The highest BCUT2D eigenvalue weighted by molar-refractivity contribution is 5.97. The van der Waals surface area contributed by atoms with Crippen LogP contribution in [0.3, 0.4) is 0 Å². The zero-order chi connectivity index (χ0) is 21.7. The van der Waals surface area contributed by atoms with Crippen molar-refractivity contribution < 1.29 is 4.79 Å². The molecule has 3 saturated heterocycles. The summed E-state index contributed by atoms with van der Waals surface area (Å²) in [5.41, 5.74) is 2.42. The Morgan fingerprint density at radius 2 is 1.81 bits per heavy atom. The molecule has 7 rings (SSSR count). The van der Waals surface area contributed by atoms with E-state index in [9.17, 15) is 10.1 Å². The third-order valence-corrected chi connectivity index (χ3v) is 6.88. The van der Waals surface area contributed by atoms with E-state index in [4.69, 9.17) is 4.98 Å². The Morgan fingerprint density at radius 3 is 2.53 bits per heavy atom. The van der Waals surface area contributed by atoms with E-state index in [2.05, 4.69) is 21.1 Å². The Kier molecular flexibility index (Phi) is 4.42. The molecule has 32 heavy (non-hydrogen) atoms. The third-order valence-electron chi connectivity index (χ3n) is 6.88. The summed E-state index contributed by atoms with van der Waals surface area (Å²) >= 11 is 0. The lowest BCUT2D eigenvalue weighted by atomic mass is 9.89. The smallest absolute Gasteiger partial charge is 0.258 e. The first kappa shape index (κ1) is 19.0. The Morgan fingerprint density at radius 1 is 0.969 bits per heavy atom. The highest BCUT2D eigenvalue weighted by Gasteiger charge is 2.44. The molecule has 0 aromatic carbocycles. The van der Waals surface area contributed by atoms with Crippen LogP contribution < -0.4 is 4.90 Å². The molecule has 3 aliphatic heterocycles. The van der Waals surface area contributed by atoms with Crippen LogP contribution in [0.25, 0.3) is 5.82 Å². The number of piperazine rings is 1. The zero-order valence-electron chi connectivity index (χ0n) is 17.6. The molecule has 2 atom stereocenters. The lowest BCUT2D eigenvalue weighted by Gasteiger charge is -2.52. The first-order valence-corrected chi connectivity index (χ1v) is 11.2. The molecule has 1 aliphatic carbocycles. The number of fused-ring (bicyclic) bond motifs is 3. The van der Waals surface area contributed by atoms with Crippen molar-refractivity contribution in [3.8, 4) is 11.9 Å². The molecule has 2 unspecified atom stereocenters. The van der Waals surface area contributed by atoms with Crippen LogP contribution in [0.4, 0.5) is 5.82 Å². The van der Waals surface area contributed by atoms with Crippen molar-refractivity contribution in [2.24, 2.45) is 0 Å². The van der Waals surface area contributed by atoms with Crippen LogP contribution in [0.1, 0.15) is 53.1 Å². The van der Waals surface area contributed by atoms with Crippen LogP contribution in [-0.2, 0) is 0 Å². The Hall–Kier alpha value is -3.73. The second-order valence-corrected chi connectivity index (χ2v) is 8.80. The molecule has 8 nitrogen and oxygen atoms in total. The average Bonchev–Trinajstić information content (AvgIpc) is 3.55. The van der Waals surface area contributed by atoms with Crippen molar-refractivity contribution in [2.45, 2.75) is 43.7 Å². The monoisotopic (exact) mass is 425 g/mol. The van der Waals surface area contributed by atoms with Gasteiger partial charge >= 0.3 is 0 Å². The first-order valence-electron chi connectivity index (χ1n) is 11.2. The summed E-state index contributed by atoms with van der Waals surface area (Å²) in [6.07, 6.45) is 11.2. The quantitative estimate of drug-likeness (QED) is 0.638. The van der Waals surface area contributed by atoms with Crippen LogP contribution in [0.2, 0.25) is 0 Å². The van der Waals surface area contributed by atoms with Gasteiger partial charge in [0.05, 0.1) is 17.2 Å². The molecule has 4 fully saturated rings. The van der Waals surface area contributed by atoms with Gasteiger partial charge in [0, 0.05) is 55.5 Å². The minimum absolute atomic E-state index is 0.000832. The van der Waals surface area contributed by atoms with E-state index in [1.165, 1.54) is 0 Å². The number of carbonyl (C=O) groups is 1. The number of carbonyl (C=O) groups excluding carboxylic acids is 1. The number of nitriles is 1. The summed E-state index contributed by atoms with van der Waals surface area (Å²) in [5, 5.41) is 13.9. The molecule has 0 spiro atoms. The number of piperidine rings is 2. The molecule has 3 aromatic rings. The van der Waals surface area contributed by atoms with Crippen LogP contribution >= 0.6 is 0 Å². The van der Waals surface area contributed by atoms with Gasteiger partial charge in [-0.05, 0) is 55.9 Å². The van der Waals surface area contributed by atoms with Crippen molar-refractivity contribution in [3.63, 3.8) is 0 Å². The molecule has 1 amide bonds. The van der Waals surface area contributed by atoms with Gasteiger partial charge in [-0.3, -0.25) is 4.79 Å². The lowest BCUT2D eigenvalue weighted by Crippen LogP contribution is -2.64. The number of hydrogen-bond acceptors (Lipinski definition) is 6. The molecule has 3 aromatic heterocycles. The minimum atomic E-state index is -0.000832. The fourth-order valence-electron chi connectivity index (χ4n) is 5.19. The SMILES string of the molecule is N#Cc1ccnc(N2CC3CCC2CN3C(=O)c2cccnc2-n2cccn2)c1C1CC1. The number of anilines is 1. The molecule has 160 valence electrons. The van der Waals surface area contributed by atoms with Gasteiger partial charge in [0.25, 0.3) is 5.91 Å². The van der Waals surface area contributed by atoms with Gasteiger partial charge in [-0.25, -0.2) is 14.6 Å². The van der Waals surface area contributed by atoms with Crippen LogP contribution in [0.5, 0.6) is 0 Å². The van der Waals surface area contributed by atoms with Crippen molar-refractivity contribution >= 4 is 11.7 Å². The molecule has 8 heteroatoms. The predicted octanol–water partition coefficient (Wildman–Crippen LogP) is 2.90. The molecule has 0 radical (unpaired) electrons. The van der Waals surface area contributed by atoms with Gasteiger partial charge in [0.15, 0.2) is 5.82 Å². The fourth-order valence-corrected chi connectivity index (χ4v) is 5.19. The topological polar surface area (TPSA) is 90.9 Å². The van der Waals surface area contributed by atoms with E-state index in [0.29, 0.717) is 23.8 Å². The van der Waals surface area contributed by atoms with Gasteiger partial charge in [0.1, 0.15) is 5.82 Å². The maximum atomic E-state index is 13.6. The summed E-state index contributed by atoms with van der Waals surface area (Å²) in [7, 11) is 0. The number of hydrogen-bond donors (Lipinski definition) is 0. The number of aromatic nitrogens is 4. The highest BCUT2D eigenvalue weighted by atomic mass is 16.2. The highest BCUT2D eigenvalue weighted by Crippen LogP contribution is 2.47. The van der Waals surface area contributed by atoms with Gasteiger partial charge in [-0.15, -0.1) is 0 Å². The molecular formula is C24H23N7O.